The van der Waals surface area contributed by atoms with Crippen molar-refractivity contribution >= 4 is 28.9 Å². The highest BCUT2D eigenvalue weighted by Gasteiger charge is 2.20. The summed E-state index contributed by atoms with van der Waals surface area (Å²) in [7, 11) is 0. The van der Waals surface area contributed by atoms with Crippen molar-refractivity contribution in [2.24, 2.45) is 0 Å². The third kappa shape index (κ3) is 3.17. The van der Waals surface area contributed by atoms with Gasteiger partial charge in [-0.3, -0.25) is 0 Å². The van der Waals surface area contributed by atoms with E-state index < -0.39 is 18.2 Å². The van der Waals surface area contributed by atoms with Crippen molar-refractivity contribution in [3.05, 3.63) is 21.9 Å². The summed E-state index contributed by atoms with van der Waals surface area (Å²) in [5, 5.41) is 29.2. The van der Waals surface area contributed by atoms with Crippen molar-refractivity contribution in [3.8, 4) is 0 Å². The summed E-state index contributed by atoms with van der Waals surface area (Å²) < 4.78 is 0. The van der Waals surface area contributed by atoms with Gasteiger partial charge < -0.3 is 15.3 Å². The molecule has 0 fully saturated rings. The average Bonchev–Trinajstić information content (AvgIpc) is 2.65. The van der Waals surface area contributed by atoms with Gasteiger partial charge in [-0.25, -0.2) is 4.79 Å². The standard InChI is InChI=1S/C9H11ClO4S/c10-2-1-6(11)8(12)5-3-7(9(13)14)15-4-5/h3-4,6,8,11-12H,1-2H2,(H,13,14). The van der Waals surface area contributed by atoms with Crippen LogP contribution in [0.15, 0.2) is 11.4 Å². The van der Waals surface area contributed by atoms with Crippen molar-refractivity contribution in [1.29, 1.82) is 0 Å². The lowest BCUT2D eigenvalue weighted by atomic mass is 10.1. The van der Waals surface area contributed by atoms with Gasteiger partial charge in [-0.05, 0) is 23.4 Å². The number of rotatable bonds is 5. The number of carboxylic acids is 1. The van der Waals surface area contributed by atoms with Crippen LogP contribution in [0.2, 0.25) is 0 Å². The number of hydrogen-bond acceptors (Lipinski definition) is 4. The van der Waals surface area contributed by atoms with Gasteiger partial charge in [0.25, 0.3) is 0 Å². The van der Waals surface area contributed by atoms with E-state index in [2.05, 4.69) is 0 Å². The Balaban J connectivity index is 2.73. The fraction of sp³-hybridized carbons (Fsp3) is 0.444. The van der Waals surface area contributed by atoms with E-state index in [1.54, 1.807) is 0 Å². The molecule has 1 aromatic heterocycles. The lowest BCUT2D eigenvalue weighted by Crippen LogP contribution is -2.18. The minimum Gasteiger partial charge on any atom is -0.477 e. The molecule has 0 saturated carbocycles. The number of aromatic carboxylic acids is 1. The first-order valence-electron chi connectivity index (χ1n) is 4.30. The number of aliphatic hydroxyl groups excluding tert-OH is 2. The predicted octanol–water partition coefficient (Wildman–Crippen LogP) is 1.47. The number of alkyl halides is 1. The van der Waals surface area contributed by atoms with Gasteiger partial charge in [0.15, 0.2) is 0 Å². The van der Waals surface area contributed by atoms with Crippen LogP contribution in [0.4, 0.5) is 0 Å². The topological polar surface area (TPSA) is 77.8 Å². The van der Waals surface area contributed by atoms with Crippen molar-refractivity contribution in [2.75, 3.05) is 5.88 Å². The second kappa shape index (κ2) is 5.46. The van der Waals surface area contributed by atoms with Crippen LogP contribution in [0.25, 0.3) is 0 Å². The van der Waals surface area contributed by atoms with E-state index in [9.17, 15) is 15.0 Å². The van der Waals surface area contributed by atoms with E-state index in [1.165, 1.54) is 11.4 Å². The Labute approximate surface area is 95.7 Å². The molecule has 0 amide bonds. The lowest BCUT2D eigenvalue weighted by molar-refractivity contribution is 0.0172. The molecule has 2 unspecified atom stereocenters. The highest BCUT2D eigenvalue weighted by atomic mass is 35.5. The van der Waals surface area contributed by atoms with Crippen molar-refractivity contribution < 1.29 is 20.1 Å². The fourth-order valence-electron chi connectivity index (χ4n) is 1.11. The molecule has 0 saturated heterocycles. The maximum Gasteiger partial charge on any atom is 0.345 e. The monoisotopic (exact) mass is 250 g/mol. The van der Waals surface area contributed by atoms with Gasteiger partial charge in [0, 0.05) is 5.88 Å². The molecule has 4 nitrogen and oxygen atoms in total. The first-order chi connectivity index (χ1) is 7.06. The second-order valence-corrected chi connectivity index (χ2v) is 4.33. The average molecular weight is 251 g/mol. The van der Waals surface area contributed by atoms with E-state index in [0.29, 0.717) is 5.56 Å². The normalized spacial score (nSPS) is 14.9. The highest BCUT2D eigenvalue weighted by Crippen LogP contribution is 2.24. The van der Waals surface area contributed by atoms with Crippen LogP contribution in [-0.2, 0) is 0 Å². The van der Waals surface area contributed by atoms with Crippen molar-refractivity contribution in [1.82, 2.24) is 0 Å². The maximum atomic E-state index is 10.6. The maximum absolute atomic E-state index is 10.6. The molecule has 0 spiro atoms. The third-order valence-electron chi connectivity index (χ3n) is 1.94. The van der Waals surface area contributed by atoms with Gasteiger partial charge in [-0.1, -0.05) is 0 Å². The zero-order valence-corrected chi connectivity index (χ0v) is 9.33. The summed E-state index contributed by atoms with van der Waals surface area (Å²) >= 11 is 6.44. The molecule has 84 valence electrons. The van der Waals surface area contributed by atoms with Gasteiger partial charge in [0.05, 0.1) is 6.10 Å². The van der Waals surface area contributed by atoms with Gasteiger partial charge in [0.2, 0.25) is 0 Å². The van der Waals surface area contributed by atoms with Gasteiger partial charge in [-0.15, -0.1) is 22.9 Å². The van der Waals surface area contributed by atoms with Gasteiger partial charge in [-0.2, -0.15) is 0 Å². The molecule has 15 heavy (non-hydrogen) atoms. The number of hydrogen-bond donors (Lipinski definition) is 3. The number of halogens is 1. The summed E-state index contributed by atoms with van der Waals surface area (Å²) in [5.74, 6) is -0.793. The molecule has 0 radical (unpaired) electrons. The Morgan fingerprint density at radius 1 is 1.53 bits per heavy atom. The van der Waals surface area contributed by atoms with E-state index in [1.807, 2.05) is 0 Å². The summed E-state index contributed by atoms with van der Waals surface area (Å²) in [4.78, 5) is 10.7. The smallest absolute Gasteiger partial charge is 0.345 e. The summed E-state index contributed by atoms with van der Waals surface area (Å²) in [6, 6.07) is 1.36. The Bertz CT molecular complexity index is 339. The van der Waals surface area contributed by atoms with E-state index in [4.69, 9.17) is 16.7 Å². The quantitative estimate of drug-likeness (QED) is 0.692. The molecule has 1 rings (SSSR count). The molecule has 0 aliphatic carbocycles. The van der Waals surface area contributed by atoms with Crippen LogP contribution in [0.3, 0.4) is 0 Å². The van der Waals surface area contributed by atoms with Crippen molar-refractivity contribution in [2.45, 2.75) is 18.6 Å². The van der Waals surface area contributed by atoms with Crippen LogP contribution >= 0.6 is 22.9 Å². The molecule has 0 aliphatic rings. The first-order valence-corrected chi connectivity index (χ1v) is 5.71. The third-order valence-corrected chi connectivity index (χ3v) is 3.10. The zero-order valence-electron chi connectivity index (χ0n) is 7.76. The number of aliphatic hydroxyl groups is 2. The molecule has 1 heterocycles. The largest absolute Gasteiger partial charge is 0.477 e. The summed E-state index contributed by atoms with van der Waals surface area (Å²) in [5.41, 5.74) is 0.412. The van der Waals surface area contributed by atoms with Gasteiger partial charge in [0.1, 0.15) is 11.0 Å². The Kier molecular flexibility index (Phi) is 4.53. The predicted molar refractivity (Wildman–Crippen MR) is 57.6 cm³/mol. The molecular formula is C9H11ClO4S. The van der Waals surface area contributed by atoms with E-state index in [-0.39, 0.29) is 17.2 Å². The van der Waals surface area contributed by atoms with Crippen LogP contribution in [0, 0.1) is 0 Å². The molecular weight excluding hydrogens is 240 g/mol. The lowest BCUT2D eigenvalue weighted by Gasteiger charge is -2.15. The minimum atomic E-state index is -1.08. The van der Waals surface area contributed by atoms with Crippen LogP contribution < -0.4 is 0 Å². The SMILES string of the molecule is O=C(O)c1cc(C(O)C(O)CCCl)cs1. The fourth-order valence-corrected chi connectivity index (χ4v) is 2.11. The Morgan fingerprint density at radius 3 is 2.67 bits per heavy atom. The Hall–Kier alpha value is -0.620. The molecule has 0 aliphatic heterocycles. The minimum absolute atomic E-state index is 0.141. The van der Waals surface area contributed by atoms with Gasteiger partial charge >= 0.3 is 5.97 Å². The van der Waals surface area contributed by atoms with E-state index >= 15 is 0 Å². The first kappa shape index (κ1) is 12.4. The van der Waals surface area contributed by atoms with Crippen LogP contribution in [-0.4, -0.2) is 33.3 Å². The summed E-state index contributed by atoms with van der Waals surface area (Å²) in [6.07, 6.45) is -1.77. The molecule has 3 N–H and O–H groups in total. The highest BCUT2D eigenvalue weighted by molar-refractivity contribution is 7.12. The number of carbonyl (C=O) groups is 1. The molecule has 2 atom stereocenters. The molecule has 0 bridgehead atoms. The summed E-state index contributed by atoms with van der Waals surface area (Å²) in [6.45, 7) is 0. The molecule has 0 aromatic carbocycles. The number of carboxylic acid groups (broad SMARTS) is 1. The number of thiophene rings is 1. The van der Waals surface area contributed by atoms with Crippen molar-refractivity contribution in [3.63, 3.8) is 0 Å². The zero-order chi connectivity index (χ0) is 11.4. The molecule has 6 heteroatoms. The molecule has 1 aromatic rings. The van der Waals surface area contributed by atoms with Crippen LogP contribution in [0.5, 0.6) is 0 Å². The second-order valence-electron chi connectivity index (χ2n) is 3.04. The Morgan fingerprint density at radius 2 is 2.20 bits per heavy atom. The van der Waals surface area contributed by atoms with Crippen LogP contribution in [0.1, 0.15) is 27.8 Å². The van der Waals surface area contributed by atoms with E-state index in [0.717, 1.165) is 11.3 Å².